The smallest absolute Gasteiger partial charge is 0.328 e. The number of aromatic nitrogens is 1. The van der Waals surface area contributed by atoms with Crippen LogP contribution in [0.3, 0.4) is 0 Å². The average Bonchev–Trinajstić information content (AvgIpc) is 3.12. The van der Waals surface area contributed by atoms with Crippen LogP contribution in [-0.4, -0.2) is 31.0 Å². The third kappa shape index (κ3) is 7.00. The maximum absolute atomic E-state index is 12.4. The van der Waals surface area contributed by atoms with Crippen molar-refractivity contribution in [3.8, 4) is 0 Å². The minimum Gasteiger partial charge on any atom is -0.478 e. The van der Waals surface area contributed by atoms with Crippen molar-refractivity contribution in [2.75, 3.05) is 6.54 Å². The van der Waals surface area contributed by atoms with Gasteiger partial charge in [0.2, 0.25) is 10.0 Å². The number of sulfonamides is 1. The van der Waals surface area contributed by atoms with Gasteiger partial charge in [-0.2, -0.15) is 0 Å². The minimum absolute atomic E-state index is 0.163. The highest BCUT2D eigenvalue weighted by Gasteiger charge is 2.14. The lowest BCUT2D eigenvalue weighted by molar-refractivity contribution is -0.131. The van der Waals surface area contributed by atoms with E-state index in [2.05, 4.69) is 9.71 Å². The highest BCUT2D eigenvalue weighted by Crippen LogP contribution is 2.27. The molecular weight excluding hydrogens is 456 g/mol. The monoisotopic (exact) mass is 476 g/mol. The number of aryl methyl sites for hydroxylation is 1. The number of carboxylic acids is 1. The summed E-state index contributed by atoms with van der Waals surface area (Å²) in [5.74, 6) is -1.01. The molecule has 6 nitrogen and oxygen atoms in total. The standard InChI is InChI=1S/C22H21ClN2O4S2/c23-18-5-7-20(8-6-18)31(28,29)25-12-2-4-17-14-19(13-16-3-1-11-24-15-16)30-21(17)9-10-22(26)27/h1,3,5-11,14-15,25H,2,4,12-13H2,(H,26,27)/b10-9+. The number of hydrogen-bond acceptors (Lipinski definition) is 5. The Balaban J connectivity index is 1.65. The fraction of sp³-hybridized carbons (Fsp3) is 0.182. The van der Waals surface area contributed by atoms with E-state index in [0.717, 1.165) is 27.0 Å². The Morgan fingerprint density at radius 2 is 2.00 bits per heavy atom. The molecule has 0 unspecified atom stereocenters. The van der Waals surface area contributed by atoms with Crippen molar-refractivity contribution in [1.82, 2.24) is 9.71 Å². The van der Waals surface area contributed by atoms with E-state index in [4.69, 9.17) is 16.7 Å². The van der Waals surface area contributed by atoms with E-state index in [0.29, 0.717) is 24.3 Å². The van der Waals surface area contributed by atoms with E-state index < -0.39 is 16.0 Å². The molecule has 0 fully saturated rings. The Morgan fingerprint density at radius 3 is 2.68 bits per heavy atom. The van der Waals surface area contributed by atoms with Gasteiger partial charge in [-0.1, -0.05) is 17.7 Å². The number of pyridine rings is 1. The van der Waals surface area contributed by atoms with Crippen molar-refractivity contribution >= 4 is 45.0 Å². The molecule has 0 saturated heterocycles. The van der Waals surface area contributed by atoms with Crippen LogP contribution in [-0.2, 0) is 27.7 Å². The van der Waals surface area contributed by atoms with Crippen molar-refractivity contribution in [2.24, 2.45) is 0 Å². The Kier molecular flexibility index (Phi) is 7.97. The Bertz CT molecular complexity index is 1160. The molecule has 0 radical (unpaired) electrons. The zero-order valence-corrected chi connectivity index (χ0v) is 18.9. The molecule has 0 bridgehead atoms. The van der Waals surface area contributed by atoms with Crippen molar-refractivity contribution in [3.05, 3.63) is 86.8 Å². The molecule has 9 heteroatoms. The molecular formula is C22H21ClN2O4S2. The second kappa shape index (κ2) is 10.7. The molecule has 3 aromatic rings. The second-order valence-electron chi connectivity index (χ2n) is 6.77. The number of nitrogens with zero attached hydrogens (tertiary/aromatic N) is 1. The summed E-state index contributed by atoms with van der Waals surface area (Å²) < 4.78 is 27.3. The molecule has 0 aliphatic heterocycles. The number of hydrogen-bond donors (Lipinski definition) is 2. The molecule has 0 spiro atoms. The van der Waals surface area contributed by atoms with Gasteiger partial charge < -0.3 is 5.11 Å². The van der Waals surface area contributed by atoms with Crippen molar-refractivity contribution in [2.45, 2.75) is 24.2 Å². The predicted octanol–water partition coefficient (Wildman–Crippen LogP) is 4.40. The number of rotatable bonds is 10. The molecule has 162 valence electrons. The first kappa shape index (κ1) is 23.1. The molecule has 0 amide bonds. The Hall–Kier alpha value is -2.52. The van der Waals surface area contributed by atoms with Gasteiger partial charge in [-0.05, 0) is 66.4 Å². The van der Waals surface area contributed by atoms with Crippen LogP contribution in [0.2, 0.25) is 5.02 Å². The first-order valence-electron chi connectivity index (χ1n) is 9.50. The fourth-order valence-electron chi connectivity index (χ4n) is 2.96. The normalized spacial score (nSPS) is 11.8. The molecule has 3 rings (SSSR count). The molecule has 2 aromatic heterocycles. The summed E-state index contributed by atoms with van der Waals surface area (Å²) in [6, 6.07) is 11.9. The van der Waals surface area contributed by atoms with Crippen LogP contribution >= 0.6 is 22.9 Å². The van der Waals surface area contributed by atoms with Crippen molar-refractivity contribution < 1.29 is 18.3 Å². The van der Waals surface area contributed by atoms with Gasteiger partial charge in [-0.15, -0.1) is 11.3 Å². The highest BCUT2D eigenvalue weighted by atomic mass is 35.5. The Labute approximate surface area is 190 Å². The van der Waals surface area contributed by atoms with Crippen molar-refractivity contribution in [3.63, 3.8) is 0 Å². The zero-order valence-electron chi connectivity index (χ0n) is 16.5. The van der Waals surface area contributed by atoms with Crippen LogP contribution in [0.5, 0.6) is 0 Å². The van der Waals surface area contributed by atoms with Crippen molar-refractivity contribution in [1.29, 1.82) is 0 Å². The van der Waals surface area contributed by atoms with Crippen LogP contribution in [0.1, 0.15) is 27.3 Å². The van der Waals surface area contributed by atoms with Crippen LogP contribution in [0.25, 0.3) is 6.08 Å². The van der Waals surface area contributed by atoms with Gasteiger partial charge in [-0.3, -0.25) is 4.98 Å². The van der Waals surface area contributed by atoms with Gasteiger partial charge in [0.1, 0.15) is 0 Å². The van der Waals surface area contributed by atoms with E-state index in [1.165, 1.54) is 35.6 Å². The summed E-state index contributed by atoms with van der Waals surface area (Å²) >= 11 is 7.34. The maximum Gasteiger partial charge on any atom is 0.328 e. The van der Waals surface area contributed by atoms with Gasteiger partial charge in [0, 0.05) is 46.2 Å². The molecule has 31 heavy (non-hydrogen) atoms. The lowest BCUT2D eigenvalue weighted by atomic mass is 10.1. The average molecular weight is 477 g/mol. The van der Waals surface area contributed by atoms with E-state index in [1.807, 2.05) is 18.2 Å². The van der Waals surface area contributed by atoms with Crippen LogP contribution in [0.15, 0.2) is 65.8 Å². The summed E-state index contributed by atoms with van der Waals surface area (Å²) in [6.07, 6.45) is 8.12. The van der Waals surface area contributed by atoms with Gasteiger partial charge in [-0.25, -0.2) is 17.9 Å². The van der Waals surface area contributed by atoms with Gasteiger partial charge in [0.15, 0.2) is 0 Å². The SMILES string of the molecule is O=C(O)/C=C/c1sc(Cc2cccnc2)cc1CCCNS(=O)(=O)c1ccc(Cl)cc1. The van der Waals surface area contributed by atoms with Crippen LogP contribution < -0.4 is 4.72 Å². The summed E-state index contributed by atoms with van der Waals surface area (Å²) in [4.78, 5) is 17.2. The van der Waals surface area contributed by atoms with E-state index in [1.54, 1.807) is 18.5 Å². The lowest BCUT2D eigenvalue weighted by Crippen LogP contribution is -2.25. The van der Waals surface area contributed by atoms with E-state index >= 15 is 0 Å². The number of nitrogens with one attached hydrogen (secondary N) is 1. The number of thiophene rings is 1. The molecule has 0 aliphatic carbocycles. The molecule has 2 N–H and O–H groups in total. The third-order valence-electron chi connectivity index (χ3n) is 4.41. The largest absolute Gasteiger partial charge is 0.478 e. The first-order valence-corrected chi connectivity index (χ1v) is 12.2. The Morgan fingerprint density at radius 1 is 1.23 bits per heavy atom. The second-order valence-corrected chi connectivity index (χ2v) is 10.1. The minimum atomic E-state index is -3.60. The molecule has 2 heterocycles. The number of carboxylic acid groups (broad SMARTS) is 1. The van der Waals surface area contributed by atoms with Gasteiger partial charge in [0.05, 0.1) is 4.90 Å². The summed E-state index contributed by atoms with van der Waals surface area (Å²) in [7, 11) is -3.60. The molecule has 1 aromatic carbocycles. The van der Waals surface area contributed by atoms with Crippen LogP contribution in [0.4, 0.5) is 0 Å². The summed E-state index contributed by atoms with van der Waals surface area (Å²) in [5.41, 5.74) is 2.06. The molecule has 0 atom stereocenters. The third-order valence-corrected chi connectivity index (χ3v) is 7.28. The number of halogens is 1. The number of aliphatic carboxylic acids is 1. The van der Waals surface area contributed by atoms with E-state index in [-0.39, 0.29) is 11.4 Å². The highest BCUT2D eigenvalue weighted by molar-refractivity contribution is 7.89. The number of carbonyl (C=O) groups is 1. The summed E-state index contributed by atoms with van der Waals surface area (Å²) in [5, 5.41) is 9.43. The lowest BCUT2D eigenvalue weighted by Gasteiger charge is -2.07. The molecule has 0 aliphatic rings. The summed E-state index contributed by atoms with van der Waals surface area (Å²) in [6.45, 7) is 0.265. The fourth-order valence-corrected chi connectivity index (χ4v) is 5.31. The van der Waals surface area contributed by atoms with E-state index in [9.17, 15) is 13.2 Å². The number of benzene rings is 1. The topological polar surface area (TPSA) is 96.4 Å². The quantitative estimate of drug-likeness (QED) is 0.334. The zero-order chi connectivity index (χ0) is 22.3. The first-order chi connectivity index (χ1) is 14.8. The van der Waals surface area contributed by atoms with Crippen LogP contribution in [0, 0.1) is 0 Å². The molecule has 0 saturated carbocycles. The maximum atomic E-state index is 12.4. The van der Waals surface area contributed by atoms with Gasteiger partial charge in [0.25, 0.3) is 0 Å². The van der Waals surface area contributed by atoms with Gasteiger partial charge >= 0.3 is 5.97 Å². The predicted molar refractivity (Wildman–Crippen MR) is 123 cm³/mol.